The molecule has 1 N–H and O–H groups in total. The Morgan fingerprint density at radius 3 is 2.28 bits per heavy atom. The van der Waals surface area contributed by atoms with Crippen LogP contribution in [0.15, 0.2) is 54.6 Å². The van der Waals surface area contributed by atoms with Gasteiger partial charge in [-0.15, -0.1) is 0 Å². The number of amides is 2. The van der Waals surface area contributed by atoms with E-state index in [2.05, 4.69) is 5.32 Å². The van der Waals surface area contributed by atoms with Gasteiger partial charge in [-0.05, 0) is 30.2 Å². The number of ether oxygens (including phenoxy) is 1. The zero-order chi connectivity index (χ0) is 18.2. The van der Waals surface area contributed by atoms with E-state index in [1.165, 1.54) is 0 Å². The zero-order valence-electron chi connectivity index (χ0n) is 14.9. The van der Waals surface area contributed by atoms with Crippen molar-refractivity contribution in [2.24, 2.45) is 0 Å². The van der Waals surface area contributed by atoms with E-state index in [4.69, 9.17) is 4.74 Å². The normalized spacial score (nSPS) is 11.6. The van der Waals surface area contributed by atoms with Crippen LogP contribution in [0.5, 0.6) is 0 Å². The van der Waals surface area contributed by atoms with Crippen LogP contribution in [0.4, 0.5) is 0 Å². The summed E-state index contributed by atoms with van der Waals surface area (Å²) in [4.78, 5) is 25.6. The monoisotopic (exact) mass is 340 g/mol. The van der Waals surface area contributed by atoms with Crippen molar-refractivity contribution in [3.8, 4) is 0 Å². The number of hydrogen-bond donors (Lipinski definition) is 1. The van der Waals surface area contributed by atoms with E-state index in [1.54, 1.807) is 38.1 Å². The number of nitrogens with one attached hydrogen (secondary N) is 1. The SMILES string of the molecule is CNC(=O)c1ccc(CN(C)C(=O)C(C)OCc2ccccc2)cc1. The maximum atomic E-state index is 12.4. The number of rotatable bonds is 7. The highest BCUT2D eigenvalue weighted by atomic mass is 16.5. The fourth-order valence-electron chi connectivity index (χ4n) is 2.43. The number of carbonyl (C=O) groups is 2. The smallest absolute Gasteiger partial charge is 0.251 e. The minimum atomic E-state index is -0.518. The van der Waals surface area contributed by atoms with Crippen LogP contribution in [0, 0.1) is 0 Å². The first-order valence-corrected chi connectivity index (χ1v) is 8.22. The Labute approximate surface area is 148 Å². The molecular formula is C20H24N2O3. The van der Waals surface area contributed by atoms with Gasteiger partial charge in [-0.25, -0.2) is 0 Å². The van der Waals surface area contributed by atoms with E-state index >= 15 is 0 Å². The molecular weight excluding hydrogens is 316 g/mol. The standard InChI is InChI=1S/C20H24N2O3/c1-15(25-14-17-7-5-4-6-8-17)20(24)22(3)13-16-9-11-18(12-10-16)19(23)21-2/h4-12,15H,13-14H2,1-3H3,(H,21,23). The molecule has 0 saturated carbocycles. The summed E-state index contributed by atoms with van der Waals surface area (Å²) in [6, 6.07) is 17.0. The molecule has 2 amide bonds. The van der Waals surface area contributed by atoms with Gasteiger partial charge in [0.1, 0.15) is 6.10 Å². The molecule has 0 saturated heterocycles. The summed E-state index contributed by atoms with van der Waals surface area (Å²) in [5, 5.41) is 2.58. The molecule has 0 radical (unpaired) electrons. The number of carbonyl (C=O) groups excluding carboxylic acids is 2. The highest BCUT2D eigenvalue weighted by Gasteiger charge is 2.18. The molecule has 0 bridgehead atoms. The second kappa shape index (κ2) is 8.99. The molecule has 0 fully saturated rings. The second-order valence-corrected chi connectivity index (χ2v) is 5.91. The lowest BCUT2D eigenvalue weighted by atomic mass is 10.1. The average molecular weight is 340 g/mol. The Morgan fingerprint density at radius 1 is 1.04 bits per heavy atom. The topological polar surface area (TPSA) is 58.6 Å². The van der Waals surface area contributed by atoms with Crippen LogP contribution < -0.4 is 5.32 Å². The Morgan fingerprint density at radius 2 is 1.68 bits per heavy atom. The van der Waals surface area contributed by atoms with E-state index in [9.17, 15) is 9.59 Å². The second-order valence-electron chi connectivity index (χ2n) is 5.91. The minimum absolute atomic E-state index is 0.0775. The summed E-state index contributed by atoms with van der Waals surface area (Å²) in [5.41, 5.74) is 2.59. The first-order chi connectivity index (χ1) is 12.0. The lowest BCUT2D eigenvalue weighted by Gasteiger charge is -2.22. The van der Waals surface area contributed by atoms with Crippen molar-refractivity contribution < 1.29 is 14.3 Å². The molecule has 0 aromatic heterocycles. The van der Waals surface area contributed by atoms with Gasteiger partial charge >= 0.3 is 0 Å². The molecule has 0 heterocycles. The molecule has 1 atom stereocenters. The predicted molar refractivity (Wildman–Crippen MR) is 97.0 cm³/mol. The molecule has 2 rings (SSSR count). The van der Waals surface area contributed by atoms with Crippen molar-refractivity contribution in [1.82, 2.24) is 10.2 Å². The van der Waals surface area contributed by atoms with E-state index in [0.717, 1.165) is 11.1 Å². The lowest BCUT2D eigenvalue weighted by Crippen LogP contribution is -2.35. The van der Waals surface area contributed by atoms with Crippen LogP contribution in [0.1, 0.15) is 28.4 Å². The number of likely N-dealkylation sites (N-methyl/N-ethyl adjacent to an activating group) is 1. The van der Waals surface area contributed by atoms with E-state index in [-0.39, 0.29) is 11.8 Å². The minimum Gasteiger partial charge on any atom is -0.364 e. The predicted octanol–water partition coefficient (Wildman–Crippen LogP) is 2.61. The van der Waals surface area contributed by atoms with Gasteiger partial charge in [0, 0.05) is 26.2 Å². The molecule has 132 valence electrons. The highest BCUT2D eigenvalue weighted by Crippen LogP contribution is 2.10. The lowest BCUT2D eigenvalue weighted by molar-refractivity contribution is -0.142. The molecule has 2 aromatic rings. The maximum Gasteiger partial charge on any atom is 0.251 e. The molecule has 0 aliphatic rings. The van der Waals surface area contributed by atoms with Crippen LogP contribution in [0.3, 0.4) is 0 Å². The number of benzene rings is 2. The van der Waals surface area contributed by atoms with Gasteiger partial charge in [-0.1, -0.05) is 42.5 Å². The summed E-state index contributed by atoms with van der Waals surface area (Å²) >= 11 is 0. The van der Waals surface area contributed by atoms with Gasteiger partial charge in [0.15, 0.2) is 0 Å². The molecule has 0 spiro atoms. The molecule has 25 heavy (non-hydrogen) atoms. The third kappa shape index (κ3) is 5.43. The van der Waals surface area contributed by atoms with Crippen LogP contribution in [-0.2, 0) is 22.7 Å². The van der Waals surface area contributed by atoms with Crippen LogP contribution in [0.25, 0.3) is 0 Å². The van der Waals surface area contributed by atoms with Crippen molar-refractivity contribution in [1.29, 1.82) is 0 Å². The largest absolute Gasteiger partial charge is 0.364 e. The van der Waals surface area contributed by atoms with Crippen LogP contribution >= 0.6 is 0 Å². The number of nitrogens with zero attached hydrogens (tertiary/aromatic N) is 1. The molecule has 5 heteroatoms. The number of hydrogen-bond acceptors (Lipinski definition) is 3. The Bertz CT molecular complexity index is 699. The van der Waals surface area contributed by atoms with Gasteiger partial charge < -0.3 is 15.0 Å². The zero-order valence-corrected chi connectivity index (χ0v) is 14.9. The quantitative estimate of drug-likeness (QED) is 0.843. The van der Waals surface area contributed by atoms with Gasteiger partial charge in [0.25, 0.3) is 11.8 Å². The Kier molecular flexibility index (Phi) is 6.71. The molecule has 0 aliphatic heterocycles. The summed E-state index contributed by atoms with van der Waals surface area (Å²) in [6.07, 6.45) is -0.518. The van der Waals surface area contributed by atoms with E-state index in [1.807, 2.05) is 42.5 Å². The Hall–Kier alpha value is -2.66. The van der Waals surface area contributed by atoms with E-state index < -0.39 is 6.10 Å². The molecule has 2 aromatic carbocycles. The third-order valence-electron chi connectivity index (χ3n) is 3.93. The Balaban J connectivity index is 1.87. The maximum absolute atomic E-state index is 12.4. The van der Waals surface area contributed by atoms with Crippen LogP contribution in [-0.4, -0.2) is 36.9 Å². The average Bonchev–Trinajstić information content (AvgIpc) is 2.66. The molecule has 5 nitrogen and oxygen atoms in total. The van der Waals surface area contributed by atoms with Crippen molar-refractivity contribution in [2.75, 3.05) is 14.1 Å². The van der Waals surface area contributed by atoms with Crippen LogP contribution in [0.2, 0.25) is 0 Å². The van der Waals surface area contributed by atoms with Gasteiger partial charge in [0.2, 0.25) is 0 Å². The first kappa shape index (κ1) is 18.7. The van der Waals surface area contributed by atoms with Gasteiger partial charge in [-0.3, -0.25) is 9.59 Å². The summed E-state index contributed by atoms with van der Waals surface area (Å²) < 4.78 is 5.67. The van der Waals surface area contributed by atoms with Gasteiger partial charge in [0.05, 0.1) is 6.61 Å². The van der Waals surface area contributed by atoms with E-state index in [0.29, 0.717) is 18.7 Å². The van der Waals surface area contributed by atoms with Crippen molar-refractivity contribution in [3.05, 3.63) is 71.3 Å². The molecule has 0 aliphatic carbocycles. The van der Waals surface area contributed by atoms with Gasteiger partial charge in [-0.2, -0.15) is 0 Å². The summed E-state index contributed by atoms with van der Waals surface area (Å²) in [7, 11) is 3.34. The van der Waals surface area contributed by atoms with Crippen molar-refractivity contribution >= 4 is 11.8 Å². The van der Waals surface area contributed by atoms with Crippen molar-refractivity contribution in [2.45, 2.75) is 26.2 Å². The highest BCUT2D eigenvalue weighted by molar-refractivity contribution is 5.93. The van der Waals surface area contributed by atoms with Crippen molar-refractivity contribution in [3.63, 3.8) is 0 Å². The fourth-order valence-corrected chi connectivity index (χ4v) is 2.43. The summed E-state index contributed by atoms with van der Waals surface area (Å²) in [5.74, 6) is -0.203. The fraction of sp³-hybridized carbons (Fsp3) is 0.300. The third-order valence-corrected chi connectivity index (χ3v) is 3.93. The molecule has 1 unspecified atom stereocenters. The first-order valence-electron chi connectivity index (χ1n) is 8.22. The summed E-state index contributed by atoms with van der Waals surface area (Å²) in [6.45, 7) is 2.63.